The molecular weight excluding hydrogens is 297 g/mol. The Balaban J connectivity index is 1.99. The van der Waals surface area contributed by atoms with Gasteiger partial charge in [-0.05, 0) is 35.8 Å². The molecule has 0 aromatic heterocycles. The molecule has 0 aliphatic carbocycles. The first-order valence-corrected chi connectivity index (χ1v) is 7.22. The molecule has 1 aromatic carbocycles. The van der Waals surface area contributed by atoms with E-state index in [9.17, 15) is 9.90 Å². The molecule has 1 N–H and O–H groups in total. The van der Waals surface area contributed by atoms with E-state index in [0.29, 0.717) is 28.7 Å². The van der Waals surface area contributed by atoms with Gasteiger partial charge in [0.15, 0.2) is 0 Å². The van der Waals surface area contributed by atoms with E-state index in [1.54, 1.807) is 29.2 Å². The van der Waals surface area contributed by atoms with E-state index in [1.165, 1.54) is 6.08 Å². The Kier molecular flexibility index (Phi) is 4.43. The lowest BCUT2D eigenvalue weighted by atomic mass is 9.83. The number of halogens is 2. The van der Waals surface area contributed by atoms with E-state index in [-0.39, 0.29) is 11.8 Å². The number of amides is 1. The summed E-state index contributed by atoms with van der Waals surface area (Å²) in [6.07, 6.45) is 3.10. The van der Waals surface area contributed by atoms with Gasteiger partial charge in [-0.3, -0.25) is 4.79 Å². The first-order chi connectivity index (χ1) is 9.32. The summed E-state index contributed by atoms with van der Waals surface area (Å²) in [4.78, 5) is 13.6. The lowest BCUT2D eigenvalue weighted by Gasteiger charge is -2.48. The average molecular weight is 314 g/mol. The minimum Gasteiger partial charge on any atom is -0.386 e. The molecule has 0 saturated carbocycles. The van der Waals surface area contributed by atoms with Gasteiger partial charge >= 0.3 is 0 Å². The number of carbonyl (C=O) groups excluding carboxylic acids is 1. The molecule has 20 heavy (non-hydrogen) atoms. The Morgan fingerprint density at radius 3 is 2.65 bits per heavy atom. The summed E-state index contributed by atoms with van der Waals surface area (Å²) in [6, 6.07) is 5.09. The molecule has 0 unspecified atom stereocenters. The lowest BCUT2D eigenvalue weighted by molar-refractivity contribution is -0.158. The number of nitrogens with zero attached hydrogens (tertiary/aromatic N) is 1. The average Bonchev–Trinajstić information content (AvgIpc) is 2.35. The third-order valence-electron chi connectivity index (χ3n) is 3.68. The van der Waals surface area contributed by atoms with Gasteiger partial charge in [-0.1, -0.05) is 37.0 Å². The fourth-order valence-electron chi connectivity index (χ4n) is 2.04. The molecular formula is C15H17Cl2NO2. The van der Waals surface area contributed by atoms with Gasteiger partial charge in [0.1, 0.15) is 5.60 Å². The zero-order valence-electron chi connectivity index (χ0n) is 11.4. The van der Waals surface area contributed by atoms with Gasteiger partial charge in [0.25, 0.3) is 0 Å². The zero-order chi connectivity index (χ0) is 14.9. The SMILES string of the molecule is CC(C)C1(O)CN(C(=O)C=Cc2cc(Cl)ccc2Cl)C1. The molecule has 0 spiro atoms. The van der Waals surface area contributed by atoms with Crippen molar-refractivity contribution in [2.45, 2.75) is 19.4 Å². The molecule has 1 saturated heterocycles. The van der Waals surface area contributed by atoms with Crippen molar-refractivity contribution in [2.24, 2.45) is 5.92 Å². The van der Waals surface area contributed by atoms with Crippen LogP contribution in [-0.4, -0.2) is 34.6 Å². The highest BCUT2D eigenvalue weighted by molar-refractivity contribution is 6.34. The largest absolute Gasteiger partial charge is 0.386 e. The fraction of sp³-hybridized carbons (Fsp3) is 0.400. The lowest BCUT2D eigenvalue weighted by Crippen LogP contribution is -2.65. The highest BCUT2D eigenvalue weighted by Gasteiger charge is 2.45. The molecule has 3 nitrogen and oxygen atoms in total. The van der Waals surface area contributed by atoms with Crippen molar-refractivity contribution in [1.82, 2.24) is 4.90 Å². The van der Waals surface area contributed by atoms with Gasteiger partial charge in [0, 0.05) is 16.1 Å². The molecule has 5 heteroatoms. The summed E-state index contributed by atoms with van der Waals surface area (Å²) in [6.45, 7) is 4.64. The number of aliphatic hydroxyl groups is 1. The predicted octanol–water partition coefficient (Wildman–Crippen LogP) is 3.24. The Morgan fingerprint density at radius 2 is 2.05 bits per heavy atom. The zero-order valence-corrected chi connectivity index (χ0v) is 12.9. The second kappa shape index (κ2) is 5.76. The Bertz CT molecular complexity index is 549. The maximum absolute atomic E-state index is 12.0. The first-order valence-electron chi connectivity index (χ1n) is 6.46. The number of hydrogen-bond donors (Lipinski definition) is 1. The highest BCUT2D eigenvalue weighted by atomic mass is 35.5. The molecule has 0 atom stereocenters. The third-order valence-corrected chi connectivity index (χ3v) is 4.26. The molecule has 1 aliphatic heterocycles. The van der Waals surface area contributed by atoms with Crippen molar-refractivity contribution in [3.63, 3.8) is 0 Å². The fourth-order valence-corrected chi connectivity index (χ4v) is 2.41. The van der Waals surface area contributed by atoms with Crippen molar-refractivity contribution in [3.8, 4) is 0 Å². The van der Waals surface area contributed by atoms with Crippen LogP contribution in [0.1, 0.15) is 19.4 Å². The van der Waals surface area contributed by atoms with Crippen molar-refractivity contribution in [1.29, 1.82) is 0 Å². The molecule has 1 fully saturated rings. The normalized spacial score (nSPS) is 17.6. The van der Waals surface area contributed by atoms with Gasteiger partial charge in [-0.15, -0.1) is 0 Å². The van der Waals surface area contributed by atoms with Crippen LogP contribution < -0.4 is 0 Å². The van der Waals surface area contributed by atoms with Gasteiger partial charge in [-0.25, -0.2) is 0 Å². The highest BCUT2D eigenvalue weighted by Crippen LogP contribution is 2.29. The van der Waals surface area contributed by atoms with Gasteiger partial charge < -0.3 is 10.0 Å². The van der Waals surface area contributed by atoms with E-state index in [0.717, 1.165) is 0 Å². The maximum atomic E-state index is 12.0. The number of hydrogen-bond acceptors (Lipinski definition) is 2. The molecule has 0 radical (unpaired) electrons. The van der Waals surface area contributed by atoms with Crippen molar-refractivity contribution >= 4 is 35.2 Å². The van der Waals surface area contributed by atoms with E-state index in [1.807, 2.05) is 13.8 Å². The summed E-state index contributed by atoms with van der Waals surface area (Å²) in [5.41, 5.74) is -0.0517. The Labute approximate surface area is 128 Å². The second-order valence-corrected chi connectivity index (χ2v) is 6.30. The summed E-state index contributed by atoms with van der Waals surface area (Å²) < 4.78 is 0. The molecule has 1 heterocycles. The van der Waals surface area contributed by atoms with Crippen LogP contribution in [0.25, 0.3) is 6.08 Å². The quantitative estimate of drug-likeness (QED) is 0.870. The minimum atomic E-state index is -0.753. The minimum absolute atomic E-state index is 0.133. The summed E-state index contributed by atoms with van der Waals surface area (Å²) in [7, 11) is 0. The number of benzene rings is 1. The number of likely N-dealkylation sites (tertiary alicyclic amines) is 1. The van der Waals surface area contributed by atoms with E-state index in [2.05, 4.69) is 0 Å². The van der Waals surface area contributed by atoms with Crippen LogP contribution in [0, 0.1) is 5.92 Å². The molecule has 108 valence electrons. The van der Waals surface area contributed by atoms with Crippen molar-refractivity contribution < 1.29 is 9.90 Å². The molecule has 0 bridgehead atoms. The van der Waals surface area contributed by atoms with Crippen LogP contribution in [0.15, 0.2) is 24.3 Å². The molecule has 1 amide bonds. The van der Waals surface area contributed by atoms with Crippen LogP contribution in [0.5, 0.6) is 0 Å². The topological polar surface area (TPSA) is 40.5 Å². The van der Waals surface area contributed by atoms with Crippen LogP contribution in [0.4, 0.5) is 0 Å². The van der Waals surface area contributed by atoms with Crippen molar-refractivity contribution in [2.75, 3.05) is 13.1 Å². The molecule has 1 aliphatic rings. The second-order valence-electron chi connectivity index (χ2n) is 5.45. The van der Waals surface area contributed by atoms with Crippen LogP contribution >= 0.6 is 23.2 Å². The maximum Gasteiger partial charge on any atom is 0.246 e. The summed E-state index contributed by atoms with van der Waals surface area (Å²) >= 11 is 11.9. The third kappa shape index (κ3) is 3.17. The Morgan fingerprint density at radius 1 is 1.40 bits per heavy atom. The molecule has 1 aromatic rings. The summed E-state index contributed by atoms with van der Waals surface area (Å²) in [5, 5.41) is 11.2. The standard InChI is InChI=1S/C15H17Cl2NO2/c1-10(2)15(20)8-18(9-15)14(19)6-3-11-7-12(16)4-5-13(11)17/h3-7,10,20H,8-9H2,1-2H3. The van der Waals surface area contributed by atoms with Gasteiger partial charge in [-0.2, -0.15) is 0 Å². The van der Waals surface area contributed by atoms with Crippen LogP contribution in [0.3, 0.4) is 0 Å². The number of carbonyl (C=O) groups is 1. The van der Waals surface area contributed by atoms with Crippen LogP contribution in [0.2, 0.25) is 10.0 Å². The first kappa shape index (κ1) is 15.4. The smallest absolute Gasteiger partial charge is 0.246 e. The van der Waals surface area contributed by atoms with Crippen molar-refractivity contribution in [3.05, 3.63) is 39.9 Å². The van der Waals surface area contributed by atoms with E-state index >= 15 is 0 Å². The predicted molar refractivity (Wildman–Crippen MR) is 81.9 cm³/mol. The number of β-amino-alcohol motifs (C(OH)–C–C–N with tert-alkyl or cyclic N) is 1. The number of rotatable bonds is 3. The van der Waals surface area contributed by atoms with Gasteiger partial charge in [0.2, 0.25) is 5.91 Å². The monoisotopic (exact) mass is 313 g/mol. The Hall–Kier alpha value is -1.03. The van der Waals surface area contributed by atoms with Crippen LogP contribution in [-0.2, 0) is 4.79 Å². The summed E-state index contributed by atoms with van der Waals surface area (Å²) in [5.74, 6) is 0.00395. The van der Waals surface area contributed by atoms with E-state index in [4.69, 9.17) is 23.2 Å². The van der Waals surface area contributed by atoms with E-state index < -0.39 is 5.60 Å². The molecule has 2 rings (SSSR count). The van der Waals surface area contributed by atoms with Gasteiger partial charge in [0.05, 0.1) is 13.1 Å².